The number of hydrogen-bond acceptors (Lipinski definition) is 6. The van der Waals surface area contributed by atoms with Crippen LogP contribution in [0.3, 0.4) is 0 Å². The van der Waals surface area contributed by atoms with Gasteiger partial charge in [-0.25, -0.2) is 0 Å². The van der Waals surface area contributed by atoms with Gasteiger partial charge in [-0.15, -0.1) is 0 Å². The Balaban J connectivity index is 4.57. The lowest BCUT2D eigenvalue weighted by Crippen LogP contribution is -2.30. The number of hydrogen-bond donors (Lipinski definition) is 0. The van der Waals surface area contributed by atoms with E-state index in [4.69, 9.17) is 14.2 Å². The molecular formula is C67H108O6. The molecule has 1 atom stereocenters. The van der Waals surface area contributed by atoms with Crippen molar-refractivity contribution in [3.05, 3.63) is 134 Å². The van der Waals surface area contributed by atoms with Crippen LogP contribution >= 0.6 is 0 Å². The molecule has 0 aliphatic rings. The van der Waals surface area contributed by atoms with Crippen molar-refractivity contribution in [2.45, 2.75) is 258 Å². The van der Waals surface area contributed by atoms with Gasteiger partial charge < -0.3 is 14.2 Å². The summed E-state index contributed by atoms with van der Waals surface area (Å²) >= 11 is 0. The van der Waals surface area contributed by atoms with E-state index in [-0.39, 0.29) is 44.0 Å². The summed E-state index contributed by atoms with van der Waals surface area (Å²) < 4.78 is 16.8. The van der Waals surface area contributed by atoms with Crippen LogP contribution in [0.4, 0.5) is 0 Å². The highest BCUT2D eigenvalue weighted by Crippen LogP contribution is 2.15. The lowest BCUT2D eigenvalue weighted by molar-refractivity contribution is -0.166. The number of allylic oxidation sites excluding steroid dienone is 22. The number of carbonyl (C=O) groups excluding carboxylic acids is 3. The normalized spacial score (nSPS) is 13.1. The molecule has 0 spiro atoms. The second-order valence-corrected chi connectivity index (χ2v) is 19.1. The van der Waals surface area contributed by atoms with Gasteiger partial charge in [0.2, 0.25) is 0 Å². The van der Waals surface area contributed by atoms with Crippen molar-refractivity contribution in [3.8, 4) is 0 Å². The SMILES string of the molecule is CC/C=C\C/C=C\C/C=C\C/C=C\C/C=C\C/C=C\CCC(=O)OC[C@@H](COC(=O)CCCCCCCCCCCCCCCCCCC)OC(=O)CCCCC/C=C\C/C=C\C/C=C\C/C=C\C/C=C\CC. The second-order valence-electron chi connectivity index (χ2n) is 19.1. The Hall–Kier alpha value is -4.45. The summed E-state index contributed by atoms with van der Waals surface area (Å²) in [5, 5.41) is 0. The molecular weight excluding hydrogens is 901 g/mol. The number of unbranched alkanes of at least 4 members (excludes halogenated alkanes) is 19. The molecule has 0 radical (unpaired) electrons. The van der Waals surface area contributed by atoms with Gasteiger partial charge in [0, 0.05) is 19.3 Å². The van der Waals surface area contributed by atoms with Crippen molar-refractivity contribution >= 4 is 17.9 Å². The minimum Gasteiger partial charge on any atom is -0.462 e. The standard InChI is InChI=1S/C67H108O6/c1-4-7-10-13-16-19-22-25-28-31-33-36-39-42-45-48-51-54-57-60-66(69)72-63-64(62-71-65(68)59-56-53-50-47-44-41-38-35-30-27-24-21-18-15-12-9-6-3)73-67(70)61-58-55-52-49-46-43-40-37-34-32-29-26-23-20-17-14-11-8-5-2/h7-8,10-11,16-17,19-20,25-26,28-29,33-34,36-37,42-43,45-46,51,54,64H,4-6,9,12-15,18,21-24,27,30-32,35,38-41,44,47-50,52-53,55-63H2,1-3H3/b10-7-,11-8-,19-16-,20-17-,28-25-,29-26-,36-33-,37-34-,45-42-,46-43-,54-51-/t64-/m1/s1. The van der Waals surface area contributed by atoms with E-state index in [1.807, 2.05) is 6.08 Å². The molecule has 412 valence electrons. The van der Waals surface area contributed by atoms with Gasteiger partial charge in [-0.2, -0.15) is 0 Å². The molecule has 0 bridgehead atoms. The first-order valence-electron chi connectivity index (χ1n) is 29.7. The van der Waals surface area contributed by atoms with Gasteiger partial charge in [0.25, 0.3) is 0 Å². The Bertz CT molecular complexity index is 1580. The summed E-state index contributed by atoms with van der Waals surface area (Å²) in [7, 11) is 0. The van der Waals surface area contributed by atoms with Crippen molar-refractivity contribution < 1.29 is 28.6 Å². The van der Waals surface area contributed by atoms with Crippen molar-refractivity contribution in [1.82, 2.24) is 0 Å². The van der Waals surface area contributed by atoms with Crippen molar-refractivity contribution in [2.24, 2.45) is 0 Å². The predicted octanol–water partition coefficient (Wildman–Crippen LogP) is 20.2. The average Bonchev–Trinajstić information content (AvgIpc) is 3.39. The number of ether oxygens (including phenoxy) is 3. The molecule has 0 aliphatic carbocycles. The molecule has 0 aromatic rings. The van der Waals surface area contributed by atoms with Crippen LogP contribution in [-0.2, 0) is 28.6 Å². The third kappa shape index (κ3) is 58.3. The summed E-state index contributed by atoms with van der Waals surface area (Å²) in [6.45, 7) is 6.33. The van der Waals surface area contributed by atoms with Gasteiger partial charge in [0.1, 0.15) is 13.2 Å². The maximum atomic E-state index is 12.9. The van der Waals surface area contributed by atoms with Crippen LogP contribution in [0.5, 0.6) is 0 Å². The van der Waals surface area contributed by atoms with Crippen LogP contribution in [0, 0.1) is 0 Å². The highest BCUT2D eigenvalue weighted by Gasteiger charge is 2.19. The quantitative estimate of drug-likeness (QED) is 0.0261. The maximum Gasteiger partial charge on any atom is 0.306 e. The molecule has 0 fully saturated rings. The van der Waals surface area contributed by atoms with Gasteiger partial charge in [-0.05, 0) is 103 Å². The highest BCUT2D eigenvalue weighted by molar-refractivity contribution is 5.71. The smallest absolute Gasteiger partial charge is 0.306 e. The van der Waals surface area contributed by atoms with Crippen LogP contribution in [0.1, 0.15) is 252 Å². The van der Waals surface area contributed by atoms with Gasteiger partial charge in [-0.1, -0.05) is 264 Å². The topological polar surface area (TPSA) is 78.9 Å². The molecule has 0 N–H and O–H groups in total. The Labute approximate surface area is 449 Å². The van der Waals surface area contributed by atoms with E-state index in [2.05, 4.69) is 148 Å². The van der Waals surface area contributed by atoms with Gasteiger partial charge >= 0.3 is 17.9 Å². The molecule has 0 aromatic heterocycles. The highest BCUT2D eigenvalue weighted by atomic mass is 16.6. The van der Waals surface area contributed by atoms with E-state index in [1.165, 1.54) is 89.9 Å². The monoisotopic (exact) mass is 1010 g/mol. The van der Waals surface area contributed by atoms with Crippen LogP contribution in [0.25, 0.3) is 0 Å². The lowest BCUT2D eigenvalue weighted by Gasteiger charge is -2.18. The summed E-state index contributed by atoms with van der Waals surface area (Å²) in [5.74, 6) is -1.04. The van der Waals surface area contributed by atoms with Crippen LogP contribution < -0.4 is 0 Å². The van der Waals surface area contributed by atoms with Gasteiger partial charge in [0.15, 0.2) is 6.10 Å². The zero-order valence-electron chi connectivity index (χ0n) is 47.1. The average molecular weight is 1010 g/mol. The summed E-state index contributed by atoms with van der Waals surface area (Å²) in [4.78, 5) is 38.2. The fourth-order valence-electron chi connectivity index (χ4n) is 7.79. The molecule has 0 saturated carbocycles. The van der Waals surface area contributed by atoms with Gasteiger partial charge in [0.05, 0.1) is 0 Å². The zero-order chi connectivity index (χ0) is 52.9. The van der Waals surface area contributed by atoms with Crippen LogP contribution in [-0.4, -0.2) is 37.2 Å². The minimum atomic E-state index is -0.830. The van der Waals surface area contributed by atoms with E-state index >= 15 is 0 Å². The Morgan fingerprint density at radius 1 is 0.288 bits per heavy atom. The number of rotatable bonds is 52. The summed E-state index contributed by atoms with van der Waals surface area (Å²) in [6.07, 6.45) is 84.5. The van der Waals surface area contributed by atoms with E-state index < -0.39 is 6.10 Å². The largest absolute Gasteiger partial charge is 0.462 e. The Morgan fingerprint density at radius 3 is 0.918 bits per heavy atom. The third-order valence-electron chi connectivity index (χ3n) is 12.2. The first kappa shape index (κ1) is 68.6. The Kier molecular flexibility index (Phi) is 56.4. The maximum absolute atomic E-state index is 12.9. The van der Waals surface area contributed by atoms with E-state index in [0.717, 1.165) is 109 Å². The summed E-state index contributed by atoms with van der Waals surface area (Å²) in [5.41, 5.74) is 0. The minimum absolute atomic E-state index is 0.117. The fraction of sp³-hybridized carbons (Fsp3) is 0.627. The predicted molar refractivity (Wildman–Crippen MR) is 316 cm³/mol. The first-order valence-corrected chi connectivity index (χ1v) is 29.7. The van der Waals surface area contributed by atoms with E-state index in [9.17, 15) is 14.4 Å². The van der Waals surface area contributed by atoms with Crippen LogP contribution in [0.15, 0.2) is 134 Å². The summed E-state index contributed by atoms with van der Waals surface area (Å²) in [6, 6.07) is 0. The molecule has 6 heteroatoms. The molecule has 0 unspecified atom stereocenters. The second kappa shape index (κ2) is 60.1. The molecule has 73 heavy (non-hydrogen) atoms. The van der Waals surface area contributed by atoms with Crippen molar-refractivity contribution in [3.63, 3.8) is 0 Å². The molecule has 0 rings (SSSR count). The number of esters is 3. The molecule has 6 nitrogen and oxygen atoms in total. The number of carbonyl (C=O) groups is 3. The Morgan fingerprint density at radius 2 is 0.562 bits per heavy atom. The fourth-order valence-corrected chi connectivity index (χ4v) is 7.79. The van der Waals surface area contributed by atoms with Crippen LogP contribution in [0.2, 0.25) is 0 Å². The lowest BCUT2D eigenvalue weighted by atomic mass is 10.0. The molecule has 0 amide bonds. The third-order valence-corrected chi connectivity index (χ3v) is 12.2. The molecule has 0 heterocycles. The van der Waals surface area contributed by atoms with Crippen molar-refractivity contribution in [2.75, 3.05) is 13.2 Å². The van der Waals surface area contributed by atoms with E-state index in [1.54, 1.807) is 0 Å². The zero-order valence-corrected chi connectivity index (χ0v) is 47.1. The first-order chi connectivity index (χ1) is 36.0. The van der Waals surface area contributed by atoms with Crippen molar-refractivity contribution in [1.29, 1.82) is 0 Å². The molecule has 0 saturated heterocycles. The molecule has 0 aromatic carbocycles. The van der Waals surface area contributed by atoms with E-state index in [0.29, 0.717) is 19.3 Å². The molecule has 0 aliphatic heterocycles. The van der Waals surface area contributed by atoms with Gasteiger partial charge in [-0.3, -0.25) is 14.4 Å².